The molecule has 0 saturated heterocycles. The number of ether oxygens (including phenoxy) is 1. The zero-order valence-electron chi connectivity index (χ0n) is 14.9. The first-order chi connectivity index (χ1) is 11.6. The van der Waals surface area contributed by atoms with Gasteiger partial charge in [0.2, 0.25) is 5.44 Å². The average Bonchev–Trinajstić information content (AvgIpc) is 2.49. The molecule has 0 fully saturated rings. The van der Waals surface area contributed by atoms with Gasteiger partial charge in [0.1, 0.15) is 5.75 Å². The Labute approximate surface area is 149 Å². The Morgan fingerprint density at radius 1 is 1.36 bits per heavy atom. The van der Waals surface area contributed by atoms with E-state index in [4.69, 9.17) is 4.74 Å². The van der Waals surface area contributed by atoms with E-state index in [9.17, 15) is 22.9 Å². The van der Waals surface area contributed by atoms with E-state index in [1.54, 1.807) is 18.2 Å². The van der Waals surface area contributed by atoms with Crippen LogP contribution < -0.4 is 4.74 Å². The zero-order valence-corrected chi connectivity index (χ0v) is 15.7. The summed E-state index contributed by atoms with van der Waals surface area (Å²) in [4.78, 5) is 11.7. The molecule has 0 amide bonds. The highest BCUT2D eigenvalue weighted by Crippen LogP contribution is 2.43. The Kier molecular flexibility index (Phi) is 5.79. The summed E-state index contributed by atoms with van der Waals surface area (Å²) in [5.41, 5.74) is -0.395. The predicted octanol–water partition coefficient (Wildman–Crippen LogP) is 3.71. The zero-order chi connectivity index (χ0) is 18.8. The summed E-state index contributed by atoms with van der Waals surface area (Å²) in [6.45, 7) is 5.80. The third-order valence-corrected chi connectivity index (χ3v) is 5.72. The summed E-state index contributed by atoms with van der Waals surface area (Å²) >= 11 is 0. The van der Waals surface area contributed by atoms with Crippen LogP contribution in [-0.2, 0) is 20.3 Å². The van der Waals surface area contributed by atoms with Crippen molar-refractivity contribution in [2.45, 2.75) is 69.6 Å². The molecule has 0 spiro atoms. The molecule has 2 rings (SSSR count). The Morgan fingerprint density at radius 2 is 2.04 bits per heavy atom. The van der Waals surface area contributed by atoms with Gasteiger partial charge in [-0.25, -0.2) is 0 Å². The second-order valence-corrected chi connectivity index (χ2v) is 8.85. The van der Waals surface area contributed by atoms with Crippen molar-refractivity contribution in [3.05, 3.63) is 29.3 Å². The fourth-order valence-corrected chi connectivity index (χ4v) is 4.16. The van der Waals surface area contributed by atoms with Crippen molar-refractivity contribution in [3.63, 3.8) is 0 Å². The molecule has 140 valence electrons. The van der Waals surface area contributed by atoms with E-state index in [0.29, 0.717) is 17.7 Å². The van der Waals surface area contributed by atoms with Crippen LogP contribution in [0.25, 0.3) is 0 Å². The van der Waals surface area contributed by atoms with Crippen LogP contribution in [0.5, 0.6) is 5.75 Å². The van der Waals surface area contributed by atoms with Gasteiger partial charge >= 0.3 is 16.1 Å². The van der Waals surface area contributed by atoms with Crippen LogP contribution in [0, 0.1) is 0 Å². The number of carboxylic acid groups (broad SMARTS) is 1. The highest BCUT2D eigenvalue weighted by atomic mass is 32.2. The predicted molar refractivity (Wildman–Crippen MR) is 94.6 cm³/mol. The smallest absolute Gasteiger partial charge is 0.310 e. The number of aliphatic carboxylic acids is 1. The van der Waals surface area contributed by atoms with Crippen molar-refractivity contribution >= 4 is 16.1 Å². The number of unbranched alkanes of at least 4 members (excludes halogenated alkanes) is 2. The first kappa shape index (κ1) is 19.7. The van der Waals surface area contributed by atoms with Crippen LogP contribution in [0.15, 0.2) is 18.2 Å². The number of hydrogen-bond donors (Lipinski definition) is 2. The van der Waals surface area contributed by atoms with Gasteiger partial charge in [-0.2, -0.15) is 8.42 Å². The Balaban J connectivity index is 2.36. The largest absolute Gasteiger partial charge is 0.481 e. The summed E-state index contributed by atoms with van der Waals surface area (Å²) in [6.07, 6.45) is 3.52. The van der Waals surface area contributed by atoms with Gasteiger partial charge < -0.3 is 9.84 Å². The molecule has 0 saturated carbocycles. The van der Waals surface area contributed by atoms with Crippen molar-refractivity contribution in [2.24, 2.45) is 0 Å². The van der Waals surface area contributed by atoms with E-state index < -0.39 is 32.9 Å². The second-order valence-electron chi connectivity index (χ2n) is 7.29. The van der Waals surface area contributed by atoms with Crippen LogP contribution in [0.1, 0.15) is 69.9 Å². The SMILES string of the molecule is CCCCCC(C(=O)O)c1ccc2c(c1)C(C)(C)CC(S(=O)(=O)O)O2. The van der Waals surface area contributed by atoms with Crippen molar-refractivity contribution in [1.82, 2.24) is 0 Å². The van der Waals surface area contributed by atoms with Gasteiger partial charge in [-0.05, 0) is 23.5 Å². The third kappa shape index (κ3) is 4.52. The number of hydrogen-bond acceptors (Lipinski definition) is 4. The summed E-state index contributed by atoms with van der Waals surface area (Å²) in [7, 11) is -4.31. The molecule has 25 heavy (non-hydrogen) atoms. The minimum Gasteiger partial charge on any atom is -0.481 e. The van der Waals surface area contributed by atoms with E-state index in [1.165, 1.54) is 0 Å². The van der Waals surface area contributed by atoms with Gasteiger partial charge in [0.05, 0.1) is 5.92 Å². The van der Waals surface area contributed by atoms with Gasteiger partial charge in [0, 0.05) is 12.0 Å². The molecular weight excluding hydrogens is 344 g/mol. The molecule has 0 radical (unpaired) electrons. The number of carboxylic acids is 1. The molecule has 1 heterocycles. The molecule has 7 heteroatoms. The molecule has 6 nitrogen and oxygen atoms in total. The normalized spacial score (nSPS) is 20.4. The van der Waals surface area contributed by atoms with E-state index in [0.717, 1.165) is 24.8 Å². The maximum absolute atomic E-state index is 11.7. The standard InChI is InChI=1S/C18H26O6S/c1-4-5-6-7-13(17(19)20)12-8-9-15-14(10-12)18(2,3)11-16(24-15)25(21,22)23/h8-10,13,16H,4-7,11H2,1-3H3,(H,19,20)(H,21,22,23). The number of fused-ring (bicyclic) bond motifs is 1. The highest BCUT2D eigenvalue weighted by Gasteiger charge is 2.40. The van der Waals surface area contributed by atoms with Crippen LogP contribution in [0.4, 0.5) is 0 Å². The van der Waals surface area contributed by atoms with E-state index in [-0.39, 0.29) is 6.42 Å². The fraction of sp³-hybridized carbons (Fsp3) is 0.611. The third-order valence-electron chi connectivity index (χ3n) is 4.80. The molecule has 0 aromatic heterocycles. The molecule has 0 aliphatic carbocycles. The Morgan fingerprint density at radius 3 is 2.60 bits per heavy atom. The fourth-order valence-electron chi connectivity index (χ4n) is 3.30. The highest BCUT2D eigenvalue weighted by molar-refractivity contribution is 7.86. The van der Waals surface area contributed by atoms with Crippen LogP contribution >= 0.6 is 0 Å². The van der Waals surface area contributed by atoms with Gasteiger partial charge in [-0.1, -0.05) is 52.2 Å². The summed E-state index contributed by atoms with van der Waals surface area (Å²) < 4.78 is 37.6. The van der Waals surface area contributed by atoms with Crippen molar-refractivity contribution < 1.29 is 27.6 Å². The van der Waals surface area contributed by atoms with Crippen LogP contribution in [0.2, 0.25) is 0 Å². The summed E-state index contributed by atoms with van der Waals surface area (Å²) in [6, 6.07) is 5.09. The topological polar surface area (TPSA) is 101 Å². The minimum atomic E-state index is -4.31. The van der Waals surface area contributed by atoms with Crippen LogP contribution in [0.3, 0.4) is 0 Å². The van der Waals surface area contributed by atoms with E-state index in [2.05, 4.69) is 6.92 Å². The Bertz CT molecular complexity index is 738. The van der Waals surface area contributed by atoms with Gasteiger partial charge in [0.25, 0.3) is 0 Å². The molecule has 2 unspecified atom stereocenters. The second kappa shape index (κ2) is 7.33. The summed E-state index contributed by atoms with van der Waals surface area (Å²) in [5.74, 6) is -1.08. The number of rotatable bonds is 7. The van der Waals surface area contributed by atoms with Gasteiger partial charge in [-0.15, -0.1) is 0 Å². The summed E-state index contributed by atoms with van der Waals surface area (Å²) in [5, 5.41) is 9.57. The molecule has 1 aromatic rings. The molecular formula is C18H26O6S. The molecule has 0 bridgehead atoms. The first-order valence-corrected chi connectivity index (χ1v) is 10.1. The van der Waals surface area contributed by atoms with Crippen LogP contribution in [-0.4, -0.2) is 29.5 Å². The van der Waals surface area contributed by atoms with Crippen molar-refractivity contribution in [1.29, 1.82) is 0 Å². The van der Waals surface area contributed by atoms with Crippen molar-refractivity contribution in [3.8, 4) is 5.75 Å². The Hall–Kier alpha value is -1.60. The molecule has 2 atom stereocenters. The number of benzene rings is 1. The number of carbonyl (C=O) groups is 1. The average molecular weight is 370 g/mol. The quantitative estimate of drug-likeness (QED) is 0.560. The molecule has 1 aliphatic heterocycles. The maximum atomic E-state index is 11.7. The lowest BCUT2D eigenvalue weighted by atomic mass is 9.78. The lowest BCUT2D eigenvalue weighted by Crippen LogP contribution is -2.39. The lowest BCUT2D eigenvalue weighted by molar-refractivity contribution is -0.139. The van der Waals surface area contributed by atoms with Gasteiger partial charge in [-0.3, -0.25) is 9.35 Å². The molecule has 1 aromatic carbocycles. The lowest BCUT2D eigenvalue weighted by Gasteiger charge is -2.36. The van der Waals surface area contributed by atoms with Crippen molar-refractivity contribution in [2.75, 3.05) is 0 Å². The van der Waals surface area contributed by atoms with Gasteiger partial charge in [0.15, 0.2) is 0 Å². The molecule has 1 aliphatic rings. The maximum Gasteiger partial charge on any atom is 0.310 e. The van der Waals surface area contributed by atoms with E-state index >= 15 is 0 Å². The first-order valence-electron chi connectivity index (χ1n) is 8.56. The minimum absolute atomic E-state index is 0.107. The monoisotopic (exact) mass is 370 g/mol. The van der Waals surface area contributed by atoms with E-state index in [1.807, 2.05) is 13.8 Å². The molecule has 2 N–H and O–H groups in total.